The van der Waals surface area contributed by atoms with Crippen molar-refractivity contribution in [1.82, 2.24) is 19.4 Å². The molecule has 0 unspecified atom stereocenters. The third kappa shape index (κ3) is 2.90. The van der Waals surface area contributed by atoms with Gasteiger partial charge in [-0.15, -0.1) is 0 Å². The van der Waals surface area contributed by atoms with Crippen LogP contribution in [0.1, 0.15) is 24.9 Å². The monoisotopic (exact) mass is 384 g/mol. The smallest absolute Gasteiger partial charge is 0.246 e. The van der Waals surface area contributed by atoms with Crippen LogP contribution in [0.2, 0.25) is 0 Å². The van der Waals surface area contributed by atoms with E-state index in [1.54, 1.807) is 19.1 Å². The van der Waals surface area contributed by atoms with Gasteiger partial charge in [0, 0.05) is 12.5 Å². The van der Waals surface area contributed by atoms with Gasteiger partial charge in [-0.05, 0) is 31.5 Å². The normalized spacial score (nSPS) is 11.3. The van der Waals surface area contributed by atoms with Gasteiger partial charge in [0.25, 0.3) is 0 Å². The fourth-order valence-corrected chi connectivity index (χ4v) is 3.16. The lowest BCUT2D eigenvalue weighted by atomic mass is 10.3. The number of hydrogen-bond acceptors (Lipinski definition) is 5. The van der Waals surface area contributed by atoms with E-state index in [0.717, 1.165) is 24.4 Å². The van der Waals surface area contributed by atoms with Crippen LogP contribution in [0, 0.1) is 18.6 Å². The van der Waals surface area contributed by atoms with E-state index >= 15 is 0 Å². The SMILES string of the molecule is CCCc1nc(C)c2c(Oc3c(F)cccc3F)nc3ccc(OC)nc3n12. The topological polar surface area (TPSA) is 61.5 Å². The van der Waals surface area contributed by atoms with Crippen molar-refractivity contribution >= 4 is 16.7 Å². The summed E-state index contributed by atoms with van der Waals surface area (Å²) in [6.07, 6.45) is 1.56. The van der Waals surface area contributed by atoms with Crippen LogP contribution in [0.3, 0.4) is 0 Å². The lowest BCUT2D eigenvalue weighted by Gasteiger charge is -2.12. The molecule has 3 heterocycles. The molecule has 4 rings (SSSR count). The molecular formula is C20H18F2N4O2. The second-order valence-corrected chi connectivity index (χ2v) is 6.31. The second-order valence-electron chi connectivity index (χ2n) is 6.31. The van der Waals surface area contributed by atoms with E-state index in [4.69, 9.17) is 9.47 Å². The highest BCUT2D eigenvalue weighted by atomic mass is 19.1. The number of para-hydroxylation sites is 1. The maximum absolute atomic E-state index is 14.1. The first-order valence-electron chi connectivity index (χ1n) is 8.88. The quantitative estimate of drug-likeness (QED) is 0.503. The number of ether oxygens (including phenoxy) is 2. The molecular weight excluding hydrogens is 366 g/mol. The number of aryl methyl sites for hydroxylation is 2. The van der Waals surface area contributed by atoms with Crippen LogP contribution in [0.15, 0.2) is 30.3 Å². The highest BCUT2D eigenvalue weighted by Gasteiger charge is 2.21. The first-order chi connectivity index (χ1) is 13.5. The van der Waals surface area contributed by atoms with Crippen molar-refractivity contribution in [3.05, 3.63) is 53.5 Å². The van der Waals surface area contributed by atoms with Crippen LogP contribution >= 0.6 is 0 Å². The molecule has 3 aromatic heterocycles. The summed E-state index contributed by atoms with van der Waals surface area (Å²) in [5, 5.41) is 0. The van der Waals surface area contributed by atoms with E-state index in [0.29, 0.717) is 34.7 Å². The number of pyridine rings is 1. The second kappa shape index (κ2) is 7.03. The summed E-state index contributed by atoms with van der Waals surface area (Å²) < 4.78 is 40.9. The Balaban J connectivity index is 2.03. The predicted molar refractivity (Wildman–Crippen MR) is 100 cm³/mol. The van der Waals surface area contributed by atoms with Crippen molar-refractivity contribution in [1.29, 1.82) is 0 Å². The molecule has 0 aliphatic rings. The molecule has 0 saturated carbocycles. The van der Waals surface area contributed by atoms with E-state index in [-0.39, 0.29) is 5.88 Å². The number of aromatic nitrogens is 4. The molecule has 0 saturated heterocycles. The molecule has 144 valence electrons. The van der Waals surface area contributed by atoms with Crippen molar-refractivity contribution in [3.8, 4) is 17.5 Å². The summed E-state index contributed by atoms with van der Waals surface area (Å²) in [7, 11) is 1.53. The lowest BCUT2D eigenvalue weighted by Crippen LogP contribution is -2.03. The van der Waals surface area contributed by atoms with Gasteiger partial charge < -0.3 is 9.47 Å². The zero-order valence-corrected chi connectivity index (χ0v) is 15.7. The molecule has 0 aliphatic heterocycles. The number of nitrogens with zero attached hydrogens (tertiary/aromatic N) is 4. The van der Waals surface area contributed by atoms with Gasteiger partial charge in [-0.3, -0.25) is 4.40 Å². The molecule has 4 aromatic rings. The molecule has 1 aromatic carbocycles. The van der Waals surface area contributed by atoms with Crippen LogP contribution in [0.4, 0.5) is 8.78 Å². The minimum absolute atomic E-state index is 0.0656. The average Bonchev–Trinajstić information content (AvgIpc) is 3.01. The van der Waals surface area contributed by atoms with Crippen molar-refractivity contribution in [3.63, 3.8) is 0 Å². The van der Waals surface area contributed by atoms with E-state index in [9.17, 15) is 8.78 Å². The largest absolute Gasteiger partial charge is 0.481 e. The number of fused-ring (bicyclic) bond motifs is 3. The van der Waals surface area contributed by atoms with E-state index < -0.39 is 17.4 Å². The summed E-state index contributed by atoms with van der Waals surface area (Å²) >= 11 is 0. The predicted octanol–water partition coefficient (Wildman–Crippen LogP) is 4.62. The number of rotatable bonds is 5. The molecule has 8 heteroatoms. The third-order valence-electron chi connectivity index (χ3n) is 4.39. The minimum atomic E-state index is -0.807. The first-order valence-corrected chi connectivity index (χ1v) is 8.88. The van der Waals surface area contributed by atoms with Gasteiger partial charge in [-0.2, -0.15) is 4.98 Å². The Bertz CT molecular complexity index is 1170. The van der Waals surface area contributed by atoms with Crippen LogP contribution in [-0.2, 0) is 6.42 Å². The van der Waals surface area contributed by atoms with E-state index in [1.807, 2.05) is 11.3 Å². The molecule has 0 radical (unpaired) electrons. The molecule has 0 N–H and O–H groups in total. The first kappa shape index (κ1) is 18.1. The van der Waals surface area contributed by atoms with Gasteiger partial charge in [-0.1, -0.05) is 13.0 Å². The number of methoxy groups -OCH3 is 1. The fraction of sp³-hybridized carbons (Fsp3) is 0.250. The number of benzene rings is 1. The van der Waals surface area contributed by atoms with Crippen LogP contribution in [0.5, 0.6) is 17.5 Å². The molecule has 0 bridgehead atoms. The molecule has 0 atom stereocenters. The summed E-state index contributed by atoms with van der Waals surface area (Å²) in [4.78, 5) is 13.6. The fourth-order valence-electron chi connectivity index (χ4n) is 3.16. The van der Waals surface area contributed by atoms with Gasteiger partial charge in [-0.25, -0.2) is 18.7 Å². The Kier molecular flexibility index (Phi) is 4.54. The minimum Gasteiger partial charge on any atom is -0.481 e. The Hall–Kier alpha value is -3.29. The summed E-state index contributed by atoms with van der Waals surface area (Å²) in [5.41, 5.74) is 2.18. The zero-order valence-electron chi connectivity index (χ0n) is 15.7. The van der Waals surface area contributed by atoms with Gasteiger partial charge in [0.2, 0.25) is 17.5 Å². The lowest BCUT2D eigenvalue weighted by molar-refractivity contribution is 0.396. The van der Waals surface area contributed by atoms with Gasteiger partial charge in [0.1, 0.15) is 16.9 Å². The number of halogens is 2. The van der Waals surface area contributed by atoms with Crippen molar-refractivity contribution in [2.75, 3.05) is 7.11 Å². The molecule has 0 amide bonds. The number of imidazole rings is 1. The van der Waals surface area contributed by atoms with E-state index in [1.165, 1.54) is 13.2 Å². The van der Waals surface area contributed by atoms with Crippen molar-refractivity contribution in [2.45, 2.75) is 26.7 Å². The Morgan fingerprint density at radius 1 is 1.04 bits per heavy atom. The maximum Gasteiger partial charge on any atom is 0.246 e. The Labute approximate surface area is 159 Å². The molecule has 28 heavy (non-hydrogen) atoms. The summed E-state index contributed by atoms with van der Waals surface area (Å²) in [5.74, 6) is -0.857. The highest BCUT2D eigenvalue weighted by Crippen LogP contribution is 2.33. The van der Waals surface area contributed by atoms with Crippen LogP contribution < -0.4 is 9.47 Å². The Morgan fingerprint density at radius 3 is 2.46 bits per heavy atom. The van der Waals surface area contributed by atoms with Crippen molar-refractivity contribution < 1.29 is 18.3 Å². The van der Waals surface area contributed by atoms with Crippen molar-refractivity contribution in [2.24, 2.45) is 0 Å². The Morgan fingerprint density at radius 2 is 1.79 bits per heavy atom. The number of hydrogen-bond donors (Lipinski definition) is 0. The van der Waals surface area contributed by atoms with Crippen LogP contribution in [0.25, 0.3) is 16.7 Å². The zero-order chi connectivity index (χ0) is 19.8. The van der Waals surface area contributed by atoms with E-state index in [2.05, 4.69) is 15.0 Å². The molecule has 0 spiro atoms. The summed E-state index contributed by atoms with van der Waals surface area (Å²) in [6, 6.07) is 6.93. The highest BCUT2D eigenvalue weighted by molar-refractivity contribution is 5.80. The molecule has 0 fully saturated rings. The summed E-state index contributed by atoms with van der Waals surface area (Å²) in [6.45, 7) is 3.84. The average molecular weight is 384 g/mol. The molecule has 6 nitrogen and oxygen atoms in total. The van der Waals surface area contributed by atoms with Crippen LogP contribution in [-0.4, -0.2) is 26.5 Å². The van der Waals surface area contributed by atoms with Gasteiger partial charge >= 0.3 is 0 Å². The maximum atomic E-state index is 14.1. The van der Waals surface area contributed by atoms with Gasteiger partial charge in [0.15, 0.2) is 17.3 Å². The third-order valence-corrected chi connectivity index (χ3v) is 4.39. The molecule has 0 aliphatic carbocycles. The standard InChI is InChI=1S/C20H18F2N4O2/c1-4-6-15-23-11(2)17-20(28-18-12(21)7-5-8-13(18)22)24-14-9-10-16(27-3)25-19(14)26(15)17/h5,7-10H,4,6H2,1-3H3. The van der Waals surface area contributed by atoms with Gasteiger partial charge in [0.05, 0.1) is 12.8 Å².